The van der Waals surface area contributed by atoms with Gasteiger partial charge in [-0.05, 0) is 45.1 Å². The zero-order valence-electron chi connectivity index (χ0n) is 10.7. The summed E-state index contributed by atoms with van der Waals surface area (Å²) < 4.78 is 0. The summed E-state index contributed by atoms with van der Waals surface area (Å²) in [6.45, 7) is 3.17. The van der Waals surface area contributed by atoms with Gasteiger partial charge in [0.15, 0.2) is 0 Å². The molecule has 0 amide bonds. The van der Waals surface area contributed by atoms with Gasteiger partial charge in [-0.3, -0.25) is 4.90 Å². The molecule has 4 heteroatoms. The van der Waals surface area contributed by atoms with Gasteiger partial charge in [0.1, 0.15) is 0 Å². The van der Waals surface area contributed by atoms with Gasteiger partial charge in [0.2, 0.25) is 0 Å². The molecule has 3 nitrogen and oxygen atoms in total. The molecule has 17 heavy (non-hydrogen) atoms. The molecule has 1 aromatic heterocycles. The topological polar surface area (TPSA) is 26.7 Å². The Labute approximate surface area is 108 Å². The van der Waals surface area contributed by atoms with Crippen molar-refractivity contribution in [3.8, 4) is 0 Å². The van der Waals surface area contributed by atoms with E-state index < -0.39 is 0 Å². The number of aliphatic hydroxyl groups excluding tert-OH is 1. The van der Waals surface area contributed by atoms with E-state index in [1.165, 1.54) is 11.3 Å². The minimum Gasteiger partial charge on any atom is -0.391 e. The van der Waals surface area contributed by atoms with Gasteiger partial charge in [-0.1, -0.05) is 6.07 Å². The lowest BCUT2D eigenvalue weighted by Gasteiger charge is -2.31. The maximum atomic E-state index is 10.4. The van der Waals surface area contributed by atoms with E-state index in [9.17, 15) is 5.11 Å². The van der Waals surface area contributed by atoms with Gasteiger partial charge < -0.3 is 10.0 Å². The molecule has 1 aromatic rings. The molecule has 0 saturated carbocycles. The van der Waals surface area contributed by atoms with Crippen LogP contribution in [-0.4, -0.2) is 60.8 Å². The summed E-state index contributed by atoms with van der Waals surface area (Å²) >= 11 is 1.73. The normalized spacial score (nSPS) is 25.7. The lowest BCUT2D eigenvalue weighted by molar-refractivity contribution is 0.0586. The van der Waals surface area contributed by atoms with E-state index in [1.54, 1.807) is 11.3 Å². The summed E-state index contributed by atoms with van der Waals surface area (Å²) in [5.74, 6) is 0. The zero-order valence-corrected chi connectivity index (χ0v) is 11.5. The molecule has 0 aliphatic carbocycles. The molecule has 1 fully saturated rings. The predicted molar refractivity (Wildman–Crippen MR) is 72.6 cm³/mol. The van der Waals surface area contributed by atoms with E-state index in [0.29, 0.717) is 0 Å². The van der Waals surface area contributed by atoms with Crippen LogP contribution in [0.15, 0.2) is 17.5 Å². The van der Waals surface area contributed by atoms with E-state index in [0.717, 1.165) is 26.1 Å². The quantitative estimate of drug-likeness (QED) is 0.880. The SMILES string of the molecule is CN1CCCN(C)C(C(O)Cc2cccs2)C1. The largest absolute Gasteiger partial charge is 0.391 e. The van der Waals surface area contributed by atoms with Gasteiger partial charge in [0.25, 0.3) is 0 Å². The molecule has 2 rings (SSSR count). The van der Waals surface area contributed by atoms with E-state index in [4.69, 9.17) is 0 Å². The van der Waals surface area contributed by atoms with Gasteiger partial charge in [-0.2, -0.15) is 0 Å². The van der Waals surface area contributed by atoms with Crippen LogP contribution in [0.2, 0.25) is 0 Å². The van der Waals surface area contributed by atoms with Crippen molar-refractivity contribution in [2.75, 3.05) is 33.7 Å². The second-order valence-electron chi connectivity index (χ2n) is 5.01. The molecule has 1 N–H and O–H groups in total. The second kappa shape index (κ2) is 5.96. The highest BCUT2D eigenvalue weighted by atomic mass is 32.1. The van der Waals surface area contributed by atoms with Crippen LogP contribution in [0.5, 0.6) is 0 Å². The third-order valence-corrected chi connectivity index (χ3v) is 4.45. The molecule has 0 bridgehead atoms. The number of rotatable bonds is 3. The molecular weight excluding hydrogens is 232 g/mol. The summed E-state index contributed by atoms with van der Waals surface area (Å²) in [7, 11) is 4.27. The summed E-state index contributed by atoms with van der Waals surface area (Å²) in [6.07, 6.45) is 1.70. The number of likely N-dealkylation sites (N-methyl/N-ethyl adjacent to an activating group) is 2. The van der Waals surface area contributed by atoms with Crippen molar-refractivity contribution in [3.05, 3.63) is 22.4 Å². The fourth-order valence-electron chi connectivity index (χ4n) is 2.49. The van der Waals surface area contributed by atoms with Crippen molar-refractivity contribution in [2.24, 2.45) is 0 Å². The van der Waals surface area contributed by atoms with Gasteiger partial charge in [-0.25, -0.2) is 0 Å². The molecule has 1 aliphatic heterocycles. The number of aliphatic hydroxyl groups is 1. The summed E-state index contributed by atoms with van der Waals surface area (Å²) in [5, 5.41) is 12.5. The highest BCUT2D eigenvalue weighted by Gasteiger charge is 2.27. The van der Waals surface area contributed by atoms with Crippen LogP contribution in [0.3, 0.4) is 0 Å². The van der Waals surface area contributed by atoms with Gasteiger partial charge in [0.05, 0.1) is 6.10 Å². The smallest absolute Gasteiger partial charge is 0.0755 e. The van der Waals surface area contributed by atoms with Crippen LogP contribution in [0.25, 0.3) is 0 Å². The average Bonchev–Trinajstić information content (AvgIpc) is 2.72. The van der Waals surface area contributed by atoms with Gasteiger partial charge >= 0.3 is 0 Å². The first-order valence-electron chi connectivity index (χ1n) is 6.26. The Kier molecular flexibility index (Phi) is 4.56. The first-order valence-corrected chi connectivity index (χ1v) is 7.14. The minimum atomic E-state index is -0.265. The maximum absolute atomic E-state index is 10.4. The zero-order chi connectivity index (χ0) is 12.3. The van der Waals surface area contributed by atoms with Crippen LogP contribution in [-0.2, 0) is 6.42 Å². The number of hydrogen-bond acceptors (Lipinski definition) is 4. The summed E-state index contributed by atoms with van der Waals surface area (Å²) in [4.78, 5) is 5.91. The Morgan fingerprint density at radius 3 is 3.00 bits per heavy atom. The Hall–Kier alpha value is -0.420. The Balaban J connectivity index is 1.98. The van der Waals surface area contributed by atoms with Crippen LogP contribution >= 0.6 is 11.3 Å². The lowest BCUT2D eigenvalue weighted by Crippen LogP contribution is -2.46. The van der Waals surface area contributed by atoms with Crippen molar-refractivity contribution in [1.82, 2.24) is 9.80 Å². The van der Waals surface area contributed by atoms with Crippen molar-refractivity contribution >= 4 is 11.3 Å². The maximum Gasteiger partial charge on any atom is 0.0755 e. The Morgan fingerprint density at radius 2 is 2.29 bits per heavy atom. The standard InChI is InChI=1S/C13H22N2OS/c1-14-6-4-7-15(2)12(10-14)13(16)9-11-5-3-8-17-11/h3,5,8,12-13,16H,4,6-7,9-10H2,1-2H3. The molecule has 1 saturated heterocycles. The first kappa shape index (κ1) is 13.0. The van der Waals surface area contributed by atoms with Gasteiger partial charge in [-0.15, -0.1) is 11.3 Å². The fraction of sp³-hybridized carbons (Fsp3) is 0.692. The number of nitrogens with zero attached hydrogens (tertiary/aromatic N) is 2. The van der Waals surface area contributed by atoms with Crippen molar-refractivity contribution in [1.29, 1.82) is 0 Å². The van der Waals surface area contributed by atoms with Crippen LogP contribution < -0.4 is 0 Å². The molecule has 96 valence electrons. The molecule has 0 aromatic carbocycles. The van der Waals surface area contributed by atoms with E-state index in [1.807, 2.05) is 0 Å². The van der Waals surface area contributed by atoms with Crippen LogP contribution in [0, 0.1) is 0 Å². The van der Waals surface area contributed by atoms with E-state index in [2.05, 4.69) is 41.4 Å². The first-order chi connectivity index (χ1) is 8.16. The lowest BCUT2D eigenvalue weighted by atomic mass is 10.1. The van der Waals surface area contributed by atoms with Crippen LogP contribution in [0.4, 0.5) is 0 Å². The third-order valence-electron chi connectivity index (χ3n) is 3.55. The molecular formula is C13H22N2OS. The molecule has 1 aliphatic rings. The highest BCUT2D eigenvalue weighted by molar-refractivity contribution is 7.09. The second-order valence-corrected chi connectivity index (χ2v) is 6.05. The third kappa shape index (κ3) is 3.52. The van der Waals surface area contributed by atoms with Crippen molar-refractivity contribution in [3.63, 3.8) is 0 Å². The fourth-order valence-corrected chi connectivity index (χ4v) is 3.25. The van der Waals surface area contributed by atoms with E-state index >= 15 is 0 Å². The molecule has 2 heterocycles. The molecule has 2 atom stereocenters. The summed E-state index contributed by atoms with van der Waals surface area (Å²) in [5.41, 5.74) is 0. The Bertz CT molecular complexity index is 328. The molecule has 0 radical (unpaired) electrons. The summed E-state index contributed by atoms with van der Waals surface area (Å²) in [6, 6.07) is 4.41. The highest BCUT2D eigenvalue weighted by Crippen LogP contribution is 2.17. The van der Waals surface area contributed by atoms with Gasteiger partial charge in [0, 0.05) is 23.9 Å². The minimum absolute atomic E-state index is 0.254. The molecule has 0 spiro atoms. The Morgan fingerprint density at radius 1 is 1.47 bits per heavy atom. The monoisotopic (exact) mass is 254 g/mol. The van der Waals surface area contributed by atoms with E-state index in [-0.39, 0.29) is 12.1 Å². The van der Waals surface area contributed by atoms with Crippen molar-refractivity contribution in [2.45, 2.75) is 25.0 Å². The number of hydrogen-bond donors (Lipinski definition) is 1. The molecule has 2 unspecified atom stereocenters. The van der Waals surface area contributed by atoms with Crippen molar-refractivity contribution < 1.29 is 5.11 Å². The van der Waals surface area contributed by atoms with Crippen LogP contribution in [0.1, 0.15) is 11.3 Å². The number of thiophene rings is 1. The predicted octanol–water partition coefficient (Wildman–Crippen LogP) is 1.29. The average molecular weight is 254 g/mol.